The fourth-order valence-corrected chi connectivity index (χ4v) is 3.83. The van der Waals surface area contributed by atoms with Crippen LogP contribution >= 0.6 is 23.4 Å². The van der Waals surface area contributed by atoms with E-state index in [-0.39, 0.29) is 11.8 Å². The summed E-state index contributed by atoms with van der Waals surface area (Å²) in [6.45, 7) is 5.60. The molecule has 0 N–H and O–H groups in total. The quantitative estimate of drug-likeness (QED) is 0.409. The van der Waals surface area contributed by atoms with Crippen LogP contribution in [0.3, 0.4) is 0 Å². The monoisotopic (exact) mass is 393 g/mol. The number of carbonyl (C=O) groups is 1. The molecule has 1 heterocycles. The minimum absolute atomic E-state index is 0.309. The fraction of sp³-hybridized carbons (Fsp3) is 0.263. The van der Waals surface area contributed by atoms with E-state index in [1.54, 1.807) is 51.1 Å². The SMILES string of the molecule is CCOC(=O)C(C)(C)Sc1ccc2c(-c3ccccc3F)noc2c1Cl. The molecule has 0 saturated carbocycles. The van der Waals surface area contributed by atoms with Gasteiger partial charge in [0.2, 0.25) is 0 Å². The van der Waals surface area contributed by atoms with Gasteiger partial charge >= 0.3 is 5.97 Å². The van der Waals surface area contributed by atoms with Crippen LogP contribution in [0.1, 0.15) is 20.8 Å². The molecule has 0 aliphatic rings. The maximum atomic E-state index is 14.1. The fourth-order valence-electron chi connectivity index (χ4n) is 2.50. The van der Waals surface area contributed by atoms with Gasteiger partial charge in [0.05, 0.1) is 12.0 Å². The van der Waals surface area contributed by atoms with Crippen LogP contribution in [-0.4, -0.2) is 22.5 Å². The van der Waals surface area contributed by atoms with E-state index >= 15 is 0 Å². The van der Waals surface area contributed by atoms with Crippen molar-refractivity contribution >= 4 is 40.3 Å². The molecule has 0 aliphatic heterocycles. The van der Waals surface area contributed by atoms with E-state index in [1.165, 1.54) is 17.8 Å². The zero-order valence-electron chi connectivity index (χ0n) is 14.5. The predicted octanol–water partition coefficient (Wildman–Crippen LogP) is 5.72. The Labute approximate surface area is 159 Å². The number of halogens is 2. The molecular formula is C19H17ClFNO3S. The van der Waals surface area contributed by atoms with Crippen molar-refractivity contribution in [1.82, 2.24) is 5.16 Å². The number of hydrogen-bond donors (Lipinski definition) is 0. The van der Waals surface area contributed by atoms with Gasteiger partial charge in [-0.15, -0.1) is 11.8 Å². The third kappa shape index (κ3) is 3.44. The van der Waals surface area contributed by atoms with Crippen LogP contribution in [0.2, 0.25) is 5.02 Å². The lowest BCUT2D eigenvalue weighted by Crippen LogP contribution is -2.29. The molecule has 3 rings (SSSR count). The molecule has 1 aromatic heterocycles. The summed E-state index contributed by atoms with van der Waals surface area (Å²) in [5.74, 6) is -0.716. The lowest BCUT2D eigenvalue weighted by molar-refractivity contribution is -0.145. The van der Waals surface area contributed by atoms with E-state index in [9.17, 15) is 9.18 Å². The van der Waals surface area contributed by atoms with E-state index in [1.807, 2.05) is 0 Å². The maximum absolute atomic E-state index is 14.1. The number of hydrogen-bond acceptors (Lipinski definition) is 5. The van der Waals surface area contributed by atoms with Gasteiger partial charge < -0.3 is 9.26 Å². The summed E-state index contributed by atoms with van der Waals surface area (Å²) in [6.07, 6.45) is 0. The highest BCUT2D eigenvalue weighted by Crippen LogP contribution is 2.42. The predicted molar refractivity (Wildman–Crippen MR) is 101 cm³/mol. The molecule has 0 atom stereocenters. The third-order valence-corrected chi connectivity index (χ3v) is 5.53. The molecule has 0 fully saturated rings. The molecule has 4 nitrogen and oxygen atoms in total. The Morgan fingerprint density at radius 3 is 2.73 bits per heavy atom. The number of carbonyl (C=O) groups excluding carboxylic acids is 1. The zero-order valence-corrected chi connectivity index (χ0v) is 16.1. The van der Waals surface area contributed by atoms with Crippen molar-refractivity contribution in [1.29, 1.82) is 0 Å². The van der Waals surface area contributed by atoms with E-state index in [0.717, 1.165) is 0 Å². The van der Waals surface area contributed by atoms with Crippen LogP contribution in [0.5, 0.6) is 0 Å². The van der Waals surface area contributed by atoms with Gasteiger partial charge in [0, 0.05) is 10.5 Å². The van der Waals surface area contributed by atoms with Crippen molar-refractivity contribution in [3.63, 3.8) is 0 Å². The van der Waals surface area contributed by atoms with E-state index < -0.39 is 4.75 Å². The van der Waals surface area contributed by atoms with Crippen LogP contribution < -0.4 is 0 Å². The molecule has 0 amide bonds. The summed E-state index contributed by atoms with van der Waals surface area (Å²) in [5.41, 5.74) is 1.09. The number of rotatable bonds is 5. The van der Waals surface area contributed by atoms with Gasteiger partial charge in [-0.3, -0.25) is 4.79 Å². The number of fused-ring (bicyclic) bond motifs is 1. The summed E-state index contributed by atoms with van der Waals surface area (Å²) in [6, 6.07) is 9.88. The second-order valence-corrected chi connectivity index (χ2v) is 8.14. The molecule has 136 valence electrons. The average molecular weight is 394 g/mol. The van der Waals surface area contributed by atoms with Gasteiger partial charge in [0.25, 0.3) is 0 Å². The summed E-state index contributed by atoms with van der Waals surface area (Å²) in [5, 5.41) is 4.93. The molecule has 0 radical (unpaired) electrons. The highest BCUT2D eigenvalue weighted by atomic mass is 35.5. The number of thioether (sulfide) groups is 1. The second-order valence-electron chi connectivity index (χ2n) is 6.10. The average Bonchev–Trinajstić information content (AvgIpc) is 3.02. The molecule has 0 saturated heterocycles. The van der Waals surface area contributed by atoms with Crippen molar-refractivity contribution < 1.29 is 18.4 Å². The van der Waals surface area contributed by atoms with Gasteiger partial charge in [0.1, 0.15) is 21.3 Å². The third-order valence-electron chi connectivity index (χ3n) is 3.81. The topological polar surface area (TPSA) is 52.3 Å². The molecule has 3 aromatic rings. The van der Waals surface area contributed by atoms with Crippen molar-refractivity contribution in [2.24, 2.45) is 0 Å². The first-order valence-electron chi connectivity index (χ1n) is 8.04. The second kappa shape index (κ2) is 7.29. The largest absolute Gasteiger partial charge is 0.465 e. The van der Waals surface area contributed by atoms with Crippen LogP contribution in [0.15, 0.2) is 45.8 Å². The first-order valence-corrected chi connectivity index (χ1v) is 9.23. The van der Waals surface area contributed by atoms with Gasteiger partial charge in [-0.25, -0.2) is 4.39 Å². The highest BCUT2D eigenvalue weighted by Gasteiger charge is 2.32. The molecule has 7 heteroatoms. The number of ether oxygens (including phenoxy) is 1. The van der Waals surface area contributed by atoms with Crippen molar-refractivity contribution in [3.8, 4) is 11.3 Å². The standard InChI is InChI=1S/C19H17ClFNO3S/c1-4-24-18(23)19(2,3)26-14-10-9-12-16(22-25-17(12)15(14)20)11-7-5-6-8-13(11)21/h5-10H,4H2,1-3H3. The van der Waals surface area contributed by atoms with E-state index in [0.29, 0.717) is 38.8 Å². The number of esters is 1. The van der Waals surface area contributed by atoms with Gasteiger partial charge in [0.15, 0.2) is 5.58 Å². The Balaban J connectivity index is 2.01. The smallest absolute Gasteiger partial charge is 0.321 e. The highest BCUT2D eigenvalue weighted by molar-refractivity contribution is 8.01. The summed E-state index contributed by atoms with van der Waals surface area (Å²) < 4.78 is 23.7. The Hall–Kier alpha value is -2.05. The van der Waals surface area contributed by atoms with E-state index in [4.69, 9.17) is 20.9 Å². The van der Waals surface area contributed by atoms with Gasteiger partial charge in [-0.1, -0.05) is 28.9 Å². The number of benzene rings is 2. The molecule has 26 heavy (non-hydrogen) atoms. The summed E-state index contributed by atoms with van der Waals surface area (Å²) in [4.78, 5) is 12.8. The maximum Gasteiger partial charge on any atom is 0.321 e. The number of nitrogens with zero attached hydrogens (tertiary/aromatic N) is 1. The van der Waals surface area contributed by atoms with Crippen molar-refractivity contribution in [2.75, 3.05) is 6.61 Å². The summed E-state index contributed by atoms with van der Waals surface area (Å²) in [7, 11) is 0. The summed E-state index contributed by atoms with van der Waals surface area (Å²) >= 11 is 7.74. The molecule has 0 spiro atoms. The van der Waals surface area contributed by atoms with Gasteiger partial charge in [-0.05, 0) is 45.0 Å². The Morgan fingerprint density at radius 1 is 1.31 bits per heavy atom. The molecule has 0 aliphatic carbocycles. The normalized spacial score (nSPS) is 11.7. The van der Waals surface area contributed by atoms with Gasteiger partial charge in [-0.2, -0.15) is 0 Å². The van der Waals surface area contributed by atoms with Crippen LogP contribution in [0, 0.1) is 5.82 Å². The molecular weight excluding hydrogens is 377 g/mol. The zero-order chi connectivity index (χ0) is 18.9. The van der Waals surface area contributed by atoms with Crippen LogP contribution in [0.25, 0.3) is 22.2 Å². The molecule has 2 aromatic carbocycles. The first kappa shape index (κ1) is 18.7. The molecule has 0 bridgehead atoms. The lowest BCUT2D eigenvalue weighted by Gasteiger charge is -2.22. The van der Waals surface area contributed by atoms with Crippen molar-refractivity contribution in [2.45, 2.75) is 30.4 Å². The Bertz CT molecular complexity index is 971. The Morgan fingerprint density at radius 2 is 2.04 bits per heavy atom. The number of aromatic nitrogens is 1. The first-order chi connectivity index (χ1) is 12.3. The minimum Gasteiger partial charge on any atom is -0.465 e. The van der Waals surface area contributed by atoms with Crippen LogP contribution in [-0.2, 0) is 9.53 Å². The minimum atomic E-state index is -0.818. The van der Waals surface area contributed by atoms with E-state index in [2.05, 4.69) is 5.16 Å². The molecule has 0 unspecified atom stereocenters. The Kier molecular flexibility index (Phi) is 5.25. The van der Waals surface area contributed by atoms with Crippen molar-refractivity contribution in [3.05, 3.63) is 47.2 Å². The lowest BCUT2D eigenvalue weighted by atomic mass is 10.1. The van der Waals surface area contributed by atoms with Crippen LogP contribution in [0.4, 0.5) is 4.39 Å².